The van der Waals surface area contributed by atoms with Gasteiger partial charge in [0.1, 0.15) is 0 Å². The Kier molecular flexibility index (Phi) is 43.3. The Hall–Kier alpha value is 2.22. The maximum absolute atomic E-state index is 10.3. The van der Waals surface area contributed by atoms with Gasteiger partial charge in [-0.2, -0.15) is 78.8 Å². The molecule has 0 atom stereocenters. The van der Waals surface area contributed by atoms with Gasteiger partial charge in [0.25, 0.3) is 0 Å². The fourth-order valence-electron chi connectivity index (χ4n) is 8.59. The van der Waals surface area contributed by atoms with Crippen LogP contribution in [0.3, 0.4) is 0 Å². The van der Waals surface area contributed by atoms with Crippen LogP contribution in [-0.4, -0.2) is 114 Å². The first-order valence-corrected chi connectivity index (χ1v) is 31.6. The van der Waals surface area contributed by atoms with Crippen LogP contribution in [0.4, 0.5) is 0 Å². The van der Waals surface area contributed by atoms with E-state index in [1.54, 1.807) is 0 Å². The molecule has 402 valence electrons. The van der Waals surface area contributed by atoms with Gasteiger partial charge in [0.2, 0.25) is 0 Å². The summed E-state index contributed by atoms with van der Waals surface area (Å²) >= 11 is 0. The van der Waals surface area contributed by atoms with Gasteiger partial charge in [-0.3, -0.25) is 27.3 Å². The summed E-state index contributed by atoms with van der Waals surface area (Å²) in [5.41, 5.74) is 0. The topological polar surface area (TPSA) is 398 Å². The fourth-order valence-corrected chi connectivity index (χ4v) is 12.5. The SMILES string of the molecule is O=S(=O)(O)NC1CCCCC1.O=S(=O)(O)NC1CCCCC1.O=S(=O)(O)NC1CCCCC1.O=S(=O)(O)NC1CCCCC1.O=S(=O)(O)NC1CCCCC1.O=S(=O)(O)NC1CCCCC1.[H-].[H-].[H-].[Na+].[Na+].[Na+]. The molecule has 0 radical (unpaired) electrons. The van der Waals surface area contributed by atoms with Crippen molar-refractivity contribution in [3.8, 4) is 0 Å². The van der Waals surface area contributed by atoms with Crippen molar-refractivity contribution in [3.63, 3.8) is 0 Å². The van der Waals surface area contributed by atoms with Crippen molar-refractivity contribution in [1.29, 1.82) is 0 Å². The smallest absolute Gasteiger partial charge is 1.00 e. The van der Waals surface area contributed by atoms with Crippen LogP contribution in [0, 0.1) is 0 Å². The summed E-state index contributed by atoms with van der Waals surface area (Å²) in [6, 6.07) is -0.257. The Labute approximate surface area is 484 Å². The maximum atomic E-state index is 10.3. The van der Waals surface area contributed by atoms with E-state index in [2.05, 4.69) is 28.3 Å². The van der Waals surface area contributed by atoms with Gasteiger partial charge in [-0.25, -0.2) is 0 Å². The van der Waals surface area contributed by atoms with Crippen LogP contribution < -0.4 is 117 Å². The average molecular weight is 1150 g/mol. The van der Waals surface area contributed by atoms with Crippen molar-refractivity contribution in [1.82, 2.24) is 28.3 Å². The first-order chi connectivity index (χ1) is 30.5. The quantitative estimate of drug-likeness (QED) is 0.0649. The molecule has 0 aromatic carbocycles. The Morgan fingerprint density at radius 1 is 0.217 bits per heavy atom. The molecule has 0 heterocycles. The first-order valence-electron chi connectivity index (χ1n) is 23.0. The molecule has 12 N–H and O–H groups in total. The predicted molar refractivity (Wildman–Crippen MR) is 253 cm³/mol. The molecule has 6 aliphatic rings. The van der Waals surface area contributed by atoms with Crippen LogP contribution in [0.1, 0.15) is 197 Å². The summed E-state index contributed by atoms with van der Waals surface area (Å²) in [5.74, 6) is 0. The molecule has 33 heteroatoms. The second-order valence-electron chi connectivity index (χ2n) is 17.6. The Morgan fingerprint density at radius 2 is 0.304 bits per heavy atom. The number of hydrogen-bond acceptors (Lipinski definition) is 12. The van der Waals surface area contributed by atoms with E-state index in [1.165, 1.54) is 38.5 Å². The zero-order valence-electron chi connectivity index (χ0n) is 43.7. The maximum Gasteiger partial charge on any atom is 1.00 e. The number of hydrogen-bond donors (Lipinski definition) is 12. The van der Waals surface area contributed by atoms with Gasteiger partial charge in [0, 0.05) is 36.3 Å². The Balaban J connectivity index is -0.000000179. The van der Waals surface area contributed by atoms with Crippen molar-refractivity contribution in [2.45, 2.75) is 229 Å². The van der Waals surface area contributed by atoms with E-state index in [1.807, 2.05) is 0 Å². The zero-order valence-corrected chi connectivity index (χ0v) is 51.6. The van der Waals surface area contributed by atoms with Gasteiger partial charge in [-0.1, -0.05) is 116 Å². The molecule has 0 aliphatic heterocycles. The van der Waals surface area contributed by atoms with E-state index >= 15 is 0 Å². The molecule has 0 aromatic rings. The minimum absolute atomic E-state index is 0. The van der Waals surface area contributed by atoms with E-state index < -0.39 is 61.8 Å². The predicted octanol–water partition coefficient (Wildman–Crippen LogP) is -4.38. The summed E-state index contributed by atoms with van der Waals surface area (Å²) in [7, 11) is -23.8. The normalized spacial score (nSPS) is 21.0. The second-order valence-corrected chi connectivity index (χ2v) is 24.7. The van der Waals surface area contributed by atoms with E-state index in [4.69, 9.17) is 27.3 Å². The van der Waals surface area contributed by atoms with Gasteiger partial charge in [-0.15, -0.1) is 0 Å². The third-order valence-electron chi connectivity index (χ3n) is 11.5. The van der Waals surface area contributed by atoms with E-state index in [0.29, 0.717) is 0 Å². The molecule has 69 heavy (non-hydrogen) atoms. The van der Waals surface area contributed by atoms with Crippen molar-refractivity contribution in [3.05, 3.63) is 0 Å². The van der Waals surface area contributed by atoms with Crippen LogP contribution in [0.25, 0.3) is 0 Å². The third kappa shape index (κ3) is 50.8. The van der Waals surface area contributed by atoms with Crippen LogP contribution >= 0.6 is 0 Å². The largest absolute Gasteiger partial charge is 1.00 e. The van der Waals surface area contributed by atoms with Crippen LogP contribution in [-0.2, 0) is 61.8 Å². The standard InChI is InChI=1S/6C6H13NO3S.3Na.3H/c6*8-11(9,10)7-6-4-2-1-3-5-6;;;;;;/h6*6-7H,1-5H2,(H,8,9,10);;;;;;/q;;;;;;3*+1;3*-1. The molecule has 0 saturated heterocycles. The summed E-state index contributed by atoms with van der Waals surface area (Å²) in [6.45, 7) is 0. The third-order valence-corrected chi connectivity index (χ3v) is 15.3. The summed E-state index contributed by atoms with van der Waals surface area (Å²) < 4.78 is 188. The summed E-state index contributed by atoms with van der Waals surface area (Å²) in [4.78, 5) is 0. The van der Waals surface area contributed by atoms with E-state index in [0.717, 1.165) is 154 Å². The molecule has 6 saturated carbocycles. The van der Waals surface area contributed by atoms with Crippen molar-refractivity contribution in [2.75, 3.05) is 0 Å². The molecule has 0 bridgehead atoms. The molecular weight excluding hydrogens is 1070 g/mol. The molecule has 0 aromatic heterocycles. The molecule has 0 unspecified atom stereocenters. The van der Waals surface area contributed by atoms with Crippen LogP contribution in [0.15, 0.2) is 0 Å². The van der Waals surface area contributed by atoms with Gasteiger partial charge >= 0.3 is 150 Å². The zero-order chi connectivity index (χ0) is 49.9. The molecular formula is C36H81N6Na3O18S6. The molecule has 24 nitrogen and oxygen atoms in total. The monoisotopic (exact) mass is 1150 g/mol. The van der Waals surface area contributed by atoms with Gasteiger partial charge in [0.15, 0.2) is 0 Å². The molecule has 0 amide bonds. The average Bonchev–Trinajstić information content (AvgIpc) is 3.18. The molecule has 0 spiro atoms. The summed E-state index contributed by atoms with van der Waals surface area (Å²) in [5, 5.41) is 0. The Bertz CT molecular complexity index is 1640. The Morgan fingerprint density at radius 3 is 0.377 bits per heavy atom. The van der Waals surface area contributed by atoms with Crippen molar-refractivity contribution >= 4 is 61.8 Å². The molecule has 6 fully saturated rings. The van der Waals surface area contributed by atoms with E-state index in [-0.39, 0.29) is 129 Å². The number of nitrogens with one attached hydrogen (secondary N) is 6. The van der Waals surface area contributed by atoms with Crippen LogP contribution in [0.5, 0.6) is 0 Å². The fraction of sp³-hybridized carbons (Fsp3) is 1.00. The van der Waals surface area contributed by atoms with E-state index in [9.17, 15) is 50.5 Å². The molecule has 6 aliphatic carbocycles. The molecule has 6 rings (SSSR count). The van der Waals surface area contributed by atoms with Gasteiger partial charge in [0.05, 0.1) is 0 Å². The van der Waals surface area contributed by atoms with Gasteiger partial charge in [-0.05, 0) is 77.0 Å². The first kappa shape index (κ1) is 75.5. The van der Waals surface area contributed by atoms with Gasteiger partial charge < -0.3 is 4.28 Å². The second kappa shape index (κ2) is 39.6. The van der Waals surface area contributed by atoms with Crippen molar-refractivity contribution in [2.24, 2.45) is 0 Å². The van der Waals surface area contributed by atoms with Crippen molar-refractivity contribution < 1.29 is 171 Å². The minimum Gasteiger partial charge on any atom is -1.00 e. The number of rotatable bonds is 12. The minimum atomic E-state index is -3.97. The summed E-state index contributed by atoms with van der Waals surface area (Å²) in [6.07, 6.45) is 29.8. The van der Waals surface area contributed by atoms with Crippen LogP contribution in [0.2, 0.25) is 0 Å².